The Morgan fingerprint density at radius 1 is 0.328 bits per heavy atom. The Labute approximate surface area is 392 Å². The predicted molar refractivity (Wildman–Crippen MR) is 274 cm³/mol. The van der Waals surface area contributed by atoms with Crippen LogP contribution in [0.3, 0.4) is 0 Å². The van der Waals surface area contributed by atoms with Gasteiger partial charge in [0.15, 0.2) is 6.10 Å². The molecule has 64 heavy (non-hydrogen) atoms. The predicted octanol–water partition coefficient (Wildman–Crippen LogP) is 16.7. The van der Waals surface area contributed by atoms with Gasteiger partial charge in [0, 0.05) is 19.3 Å². The number of hydrogen-bond donors (Lipinski definition) is 0. The van der Waals surface area contributed by atoms with Gasteiger partial charge in [-0.2, -0.15) is 0 Å². The van der Waals surface area contributed by atoms with Crippen LogP contribution in [0.25, 0.3) is 0 Å². The van der Waals surface area contributed by atoms with Crippen LogP contribution in [0.4, 0.5) is 0 Å². The molecule has 6 nitrogen and oxygen atoms in total. The lowest BCUT2D eigenvalue weighted by atomic mass is 10.1. The maximum atomic E-state index is 12.8. The minimum absolute atomic E-state index is 0.121. The van der Waals surface area contributed by atoms with E-state index in [4.69, 9.17) is 14.2 Å². The number of allylic oxidation sites excluding steroid dienone is 22. The van der Waals surface area contributed by atoms with Crippen molar-refractivity contribution < 1.29 is 28.6 Å². The third-order valence-electron chi connectivity index (χ3n) is 10.1. The van der Waals surface area contributed by atoms with E-state index in [1.807, 2.05) is 54.7 Å². The van der Waals surface area contributed by atoms with Crippen molar-refractivity contribution in [1.29, 1.82) is 0 Å². The zero-order chi connectivity index (χ0) is 46.5. The number of carbonyl (C=O) groups is 3. The molecule has 0 aromatic rings. The highest BCUT2D eigenvalue weighted by Crippen LogP contribution is 2.13. The Morgan fingerprint density at radius 3 is 1.02 bits per heavy atom. The van der Waals surface area contributed by atoms with Crippen LogP contribution < -0.4 is 0 Å². The van der Waals surface area contributed by atoms with Gasteiger partial charge >= 0.3 is 17.9 Å². The molecule has 0 bridgehead atoms. The normalized spacial score (nSPS) is 13.2. The Balaban J connectivity index is 4.56. The number of hydrogen-bond acceptors (Lipinski definition) is 6. The van der Waals surface area contributed by atoms with Gasteiger partial charge in [0.2, 0.25) is 0 Å². The molecule has 0 aliphatic carbocycles. The first-order chi connectivity index (χ1) is 31.5. The van der Waals surface area contributed by atoms with Crippen molar-refractivity contribution >= 4 is 17.9 Å². The van der Waals surface area contributed by atoms with Gasteiger partial charge in [0.25, 0.3) is 0 Å². The minimum atomic E-state index is -0.826. The van der Waals surface area contributed by atoms with Crippen molar-refractivity contribution in [2.24, 2.45) is 0 Å². The van der Waals surface area contributed by atoms with Crippen LogP contribution in [-0.4, -0.2) is 37.2 Å². The number of carbonyl (C=O) groups excluding carboxylic acids is 3. The zero-order valence-corrected chi connectivity index (χ0v) is 40.7. The molecule has 0 heterocycles. The fraction of sp³-hybridized carbons (Fsp3) is 0.569. The first kappa shape index (κ1) is 59.5. The third kappa shape index (κ3) is 48.6. The van der Waals surface area contributed by atoms with Gasteiger partial charge < -0.3 is 14.2 Å². The fourth-order valence-corrected chi connectivity index (χ4v) is 6.35. The van der Waals surface area contributed by atoms with Gasteiger partial charge in [-0.25, -0.2) is 0 Å². The number of esters is 3. The Hall–Kier alpha value is -4.45. The molecule has 0 rings (SSSR count). The van der Waals surface area contributed by atoms with Crippen LogP contribution in [0, 0.1) is 0 Å². The molecule has 0 aromatic heterocycles. The number of ether oxygens (including phenoxy) is 3. The van der Waals surface area contributed by atoms with E-state index < -0.39 is 6.10 Å². The summed E-state index contributed by atoms with van der Waals surface area (Å²) in [5, 5.41) is 0. The fourth-order valence-electron chi connectivity index (χ4n) is 6.35. The molecule has 0 amide bonds. The first-order valence-corrected chi connectivity index (χ1v) is 25.3. The van der Waals surface area contributed by atoms with Gasteiger partial charge in [-0.05, 0) is 77.0 Å². The average molecular weight is 883 g/mol. The molecule has 0 aliphatic heterocycles. The van der Waals surface area contributed by atoms with Crippen LogP contribution in [0.15, 0.2) is 134 Å². The lowest BCUT2D eigenvalue weighted by Crippen LogP contribution is -2.30. The minimum Gasteiger partial charge on any atom is -0.462 e. The average Bonchev–Trinajstić information content (AvgIpc) is 3.29. The summed E-state index contributed by atoms with van der Waals surface area (Å²) in [4.78, 5) is 37.9. The van der Waals surface area contributed by atoms with E-state index in [2.05, 4.69) is 99.8 Å². The van der Waals surface area contributed by atoms with Crippen LogP contribution in [0.1, 0.15) is 194 Å². The summed E-state index contributed by atoms with van der Waals surface area (Å²) in [5.41, 5.74) is 0. The molecule has 1 atom stereocenters. The van der Waals surface area contributed by atoms with E-state index >= 15 is 0 Å². The summed E-state index contributed by atoms with van der Waals surface area (Å²) >= 11 is 0. The molecule has 0 saturated carbocycles. The second-order valence-corrected chi connectivity index (χ2v) is 16.2. The molecule has 0 spiro atoms. The highest BCUT2D eigenvalue weighted by molar-refractivity contribution is 5.71. The summed E-state index contributed by atoms with van der Waals surface area (Å²) in [6, 6.07) is 0. The van der Waals surface area contributed by atoms with E-state index in [-0.39, 0.29) is 44.0 Å². The molecule has 1 unspecified atom stereocenters. The van der Waals surface area contributed by atoms with Gasteiger partial charge in [0.05, 0.1) is 0 Å². The summed E-state index contributed by atoms with van der Waals surface area (Å²) in [5.74, 6) is -1.04. The lowest BCUT2D eigenvalue weighted by molar-refractivity contribution is -0.167. The zero-order valence-electron chi connectivity index (χ0n) is 40.7. The van der Waals surface area contributed by atoms with Crippen molar-refractivity contribution in [2.75, 3.05) is 13.2 Å². The first-order valence-electron chi connectivity index (χ1n) is 25.3. The SMILES string of the molecule is CC\C=C/C=C\C=C/C=C\C=C/CCCC(=O)OCC(COC(=O)CCCCCCC\C=C/C=C\C=C/CCCCCCC)OC(=O)CCCCCCCCC\C=C/C=C\C=C/CC. The Kier molecular flexibility index (Phi) is 47.6. The van der Waals surface area contributed by atoms with E-state index in [1.54, 1.807) is 0 Å². The Bertz CT molecular complexity index is 1430. The van der Waals surface area contributed by atoms with Crippen molar-refractivity contribution in [3.8, 4) is 0 Å². The van der Waals surface area contributed by atoms with E-state index in [1.165, 1.54) is 51.4 Å². The summed E-state index contributed by atoms with van der Waals surface area (Å²) in [7, 11) is 0. The molecule has 0 N–H and O–H groups in total. The number of unbranched alkanes of at least 4 members (excludes halogenated alkanes) is 18. The van der Waals surface area contributed by atoms with Crippen molar-refractivity contribution in [2.45, 2.75) is 200 Å². The molecular weight excluding hydrogens is 793 g/mol. The standard InChI is InChI=1S/C58H90O6/c1-4-7-10-13-16-19-22-25-27-28-29-31-33-36-39-42-45-48-51-57(60)63-54-55(53-62-56(59)50-47-44-41-38-35-32-24-21-18-15-12-9-6-3)64-58(61)52-49-46-43-40-37-34-30-26-23-20-17-14-11-8-5-2/h8-9,11-12,14-15,17-18,20-25,27-29,31-32,35,38,41,55H,4-7,10,13,16,19,26,30,33-34,36-37,39-40,42-54H2,1-3H3/b11-8-,12-9-,17-14-,18-15-,23-20-,24-21-,25-22-,28-27-,31-29-,35-32-,41-38-. The van der Waals surface area contributed by atoms with Gasteiger partial charge in [-0.15, -0.1) is 0 Å². The molecule has 0 saturated heterocycles. The maximum absolute atomic E-state index is 12.8. The largest absolute Gasteiger partial charge is 0.462 e. The van der Waals surface area contributed by atoms with Gasteiger partial charge in [-0.3, -0.25) is 14.4 Å². The topological polar surface area (TPSA) is 78.9 Å². The summed E-state index contributed by atoms with van der Waals surface area (Å²) in [6.45, 7) is 6.23. The molecular formula is C58H90O6. The van der Waals surface area contributed by atoms with Crippen LogP contribution in [-0.2, 0) is 28.6 Å². The van der Waals surface area contributed by atoms with Crippen molar-refractivity contribution in [3.63, 3.8) is 0 Å². The van der Waals surface area contributed by atoms with E-state index in [9.17, 15) is 14.4 Å². The Morgan fingerprint density at radius 2 is 0.625 bits per heavy atom. The third-order valence-corrected chi connectivity index (χ3v) is 10.1. The highest BCUT2D eigenvalue weighted by Gasteiger charge is 2.19. The number of rotatable bonds is 43. The summed E-state index contributed by atoms with van der Waals surface area (Å²) < 4.78 is 16.7. The van der Waals surface area contributed by atoms with Gasteiger partial charge in [-0.1, -0.05) is 231 Å². The summed E-state index contributed by atoms with van der Waals surface area (Å²) in [6.07, 6.45) is 71.5. The van der Waals surface area contributed by atoms with E-state index in [0.717, 1.165) is 96.3 Å². The molecule has 0 fully saturated rings. The van der Waals surface area contributed by atoms with Gasteiger partial charge in [0.1, 0.15) is 13.2 Å². The van der Waals surface area contributed by atoms with Crippen LogP contribution in [0.5, 0.6) is 0 Å². The molecule has 358 valence electrons. The second-order valence-electron chi connectivity index (χ2n) is 16.2. The molecule has 0 aromatic carbocycles. The van der Waals surface area contributed by atoms with Crippen LogP contribution >= 0.6 is 0 Å². The smallest absolute Gasteiger partial charge is 0.306 e. The van der Waals surface area contributed by atoms with E-state index in [0.29, 0.717) is 12.8 Å². The molecule has 0 radical (unpaired) electrons. The lowest BCUT2D eigenvalue weighted by Gasteiger charge is -2.18. The monoisotopic (exact) mass is 883 g/mol. The quantitative estimate of drug-likeness (QED) is 0.0263. The highest BCUT2D eigenvalue weighted by atomic mass is 16.6. The van der Waals surface area contributed by atoms with Crippen LogP contribution in [0.2, 0.25) is 0 Å². The maximum Gasteiger partial charge on any atom is 0.306 e. The second kappa shape index (κ2) is 51.2. The molecule has 6 heteroatoms. The van der Waals surface area contributed by atoms with Crippen molar-refractivity contribution in [3.05, 3.63) is 134 Å². The van der Waals surface area contributed by atoms with Crippen molar-refractivity contribution in [1.82, 2.24) is 0 Å². The molecule has 0 aliphatic rings.